The van der Waals surface area contributed by atoms with Gasteiger partial charge in [-0.05, 0) is 48.9 Å². The summed E-state index contributed by atoms with van der Waals surface area (Å²) in [6.45, 7) is 1.72. The minimum absolute atomic E-state index is 0.0785. The number of benzene rings is 3. The van der Waals surface area contributed by atoms with Crippen molar-refractivity contribution in [3.63, 3.8) is 0 Å². The fraction of sp³-hybridized carbons (Fsp3) is 0.0500. The van der Waals surface area contributed by atoms with Gasteiger partial charge in [-0.25, -0.2) is 8.42 Å². The van der Waals surface area contributed by atoms with Crippen LogP contribution in [0.3, 0.4) is 0 Å². The molecule has 0 saturated carbocycles. The maximum Gasteiger partial charge on any atom is 0.282 e. The molecule has 1 amide bonds. The van der Waals surface area contributed by atoms with Crippen LogP contribution in [0.4, 0.5) is 17.1 Å². The van der Waals surface area contributed by atoms with Crippen LogP contribution in [0.2, 0.25) is 0 Å². The number of nitrogens with zero attached hydrogens (tertiary/aromatic N) is 1. The Hall–Kier alpha value is -3.72. The molecule has 0 aliphatic heterocycles. The molecule has 0 fully saturated rings. The normalized spacial score (nSPS) is 10.9. The van der Waals surface area contributed by atoms with Crippen molar-refractivity contribution in [1.82, 2.24) is 0 Å². The maximum atomic E-state index is 12.6. The summed E-state index contributed by atoms with van der Waals surface area (Å²) in [4.78, 5) is 23.2. The van der Waals surface area contributed by atoms with Crippen molar-refractivity contribution in [2.75, 3.05) is 10.0 Å². The van der Waals surface area contributed by atoms with Crippen molar-refractivity contribution >= 4 is 33.0 Å². The molecule has 148 valence electrons. The molecular formula is C20H17N3O5S. The Morgan fingerprint density at radius 3 is 2.31 bits per heavy atom. The lowest BCUT2D eigenvalue weighted by Gasteiger charge is -2.11. The van der Waals surface area contributed by atoms with Gasteiger partial charge >= 0.3 is 0 Å². The largest absolute Gasteiger partial charge is 0.322 e. The molecule has 0 aromatic heterocycles. The molecular weight excluding hydrogens is 394 g/mol. The highest BCUT2D eigenvalue weighted by Crippen LogP contribution is 2.23. The lowest BCUT2D eigenvalue weighted by atomic mass is 10.1. The van der Waals surface area contributed by atoms with E-state index in [1.807, 2.05) is 0 Å². The second-order valence-corrected chi connectivity index (χ2v) is 7.91. The zero-order chi connectivity index (χ0) is 21.0. The van der Waals surface area contributed by atoms with Gasteiger partial charge < -0.3 is 5.32 Å². The second kappa shape index (κ2) is 8.11. The monoisotopic (exact) mass is 411 g/mol. The predicted molar refractivity (Wildman–Crippen MR) is 109 cm³/mol. The van der Waals surface area contributed by atoms with Gasteiger partial charge in [0.15, 0.2) is 0 Å². The molecule has 3 rings (SSSR count). The molecule has 8 nitrogen and oxygen atoms in total. The first-order chi connectivity index (χ1) is 13.8. The van der Waals surface area contributed by atoms with E-state index in [4.69, 9.17) is 0 Å². The maximum absolute atomic E-state index is 12.6. The van der Waals surface area contributed by atoms with Crippen LogP contribution < -0.4 is 10.0 Å². The predicted octanol–water partition coefficient (Wildman–Crippen LogP) is 3.96. The Morgan fingerprint density at radius 2 is 1.62 bits per heavy atom. The van der Waals surface area contributed by atoms with Crippen LogP contribution in [0.5, 0.6) is 0 Å². The molecule has 0 aliphatic rings. The summed E-state index contributed by atoms with van der Waals surface area (Å²) in [5.74, 6) is -0.663. The summed E-state index contributed by atoms with van der Waals surface area (Å²) in [6.07, 6.45) is 0. The van der Waals surface area contributed by atoms with E-state index in [2.05, 4.69) is 10.0 Å². The molecule has 9 heteroatoms. The quantitative estimate of drug-likeness (QED) is 0.470. The van der Waals surface area contributed by atoms with Crippen LogP contribution in [0, 0.1) is 17.0 Å². The number of sulfonamides is 1. The average Bonchev–Trinajstić information content (AvgIpc) is 2.68. The van der Waals surface area contributed by atoms with Crippen LogP contribution >= 0.6 is 0 Å². The first-order valence-corrected chi connectivity index (χ1v) is 9.99. The smallest absolute Gasteiger partial charge is 0.282 e. The number of nitro benzene ring substituents is 1. The van der Waals surface area contributed by atoms with Gasteiger partial charge in [0, 0.05) is 11.8 Å². The van der Waals surface area contributed by atoms with Gasteiger partial charge in [0.2, 0.25) is 0 Å². The number of hydrogen-bond acceptors (Lipinski definition) is 5. The van der Waals surface area contributed by atoms with Crippen LogP contribution in [0.15, 0.2) is 77.7 Å². The Kier molecular flexibility index (Phi) is 5.60. The highest BCUT2D eigenvalue weighted by molar-refractivity contribution is 7.92. The fourth-order valence-electron chi connectivity index (χ4n) is 2.66. The van der Waals surface area contributed by atoms with E-state index in [1.54, 1.807) is 43.3 Å². The van der Waals surface area contributed by atoms with E-state index >= 15 is 0 Å². The molecule has 0 saturated heterocycles. The van der Waals surface area contributed by atoms with Crippen LogP contribution in [-0.4, -0.2) is 19.2 Å². The van der Waals surface area contributed by atoms with Gasteiger partial charge in [-0.3, -0.25) is 19.6 Å². The molecule has 2 N–H and O–H groups in total. The number of nitrogens with one attached hydrogen (secondary N) is 2. The van der Waals surface area contributed by atoms with Crippen LogP contribution in [0.25, 0.3) is 0 Å². The fourth-order valence-corrected chi connectivity index (χ4v) is 3.73. The van der Waals surface area contributed by atoms with Crippen molar-refractivity contribution in [2.45, 2.75) is 11.8 Å². The van der Waals surface area contributed by atoms with E-state index in [0.717, 1.165) is 0 Å². The number of aryl methyl sites for hydroxylation is 1. The Bertz CT molecular complexity index is 1180. The molecule has 0 spiro atoms. The molecule has 3 aromatic carbocycles. The number of amides is 1. The zero-order valence-corrected chi connectivity index (χ0v) is 16.1. The first-order valence-electron chi connectivity index (χ1n) is 8.50. The van der Waals surface area contributed by atoms with Gasteiger partial charge in [-0.2, -0.15) is 0 Å². The number of carbonyl (C=O) groups is 1. The molecule has 3 aromatic rings. The summed E-state index contributed by atoms with van der Waals surface area (Å²) in [7, 11) is -3.79. The number of hydrogen-bond donors (Lipinski definition) is 2. The molecule has 29 heavy (non-hydrogen) atoms. The molecule has 0 unspecified atom stereocenters. The summed E-state index contributed by atoms with van der Waals surface area (Å²) in [5, 5.41) is 13.8. The summed E-state index contributed by atoms with van der Waals surface area (Å²) >= 11 is 0. The third kappa shape index (κ3) is 4.77. The minimum Gasteiger partial charge on any atom is -0.322 e. The third-order valence-corrected chi connectivity index (χ3v) is 5.42. The van der Waals surface area contributed by atoms with E-state index in [1.165, 1.54) is 36.4 Å². The minimum atomic E-state index is -3.79. The molecule has 0 heterocycles. The summed E-state index contributed by atoms with van der Waals surface area (Å²) < 4.78 is 27.3. The number of nitro groups is 1. The van der Waals surface area contributed by atoms with Gasteiger partial charge in [-0.1, -0.05) is 30.3 Å². The second-order valence-electron chi connectivity index (χ2n) is 6.23. The van der Waals surface area contributed by atoms with Crippen molar-refractivity contribution in [1.29, 1.82) is 0 Å². The number of carbonyl (C=O) groups excluding carboxylic acids is 1. The molecule has 0 atom stereocenters. The number of rotatable bonds is 6. The van der Waals surface area contributed by atoms with Gasteiger partial charge in [0.25, 0.3) is 21.6 Å². The van der Waals surface area contributed by atoms with Gasteiger partial charge in [-0.15, -0.1) is 0 Å². The van der Waals surface area contributed by atoms with Gasteiger partial charge in [0.05, 0.1) is 15.5 Å². The summed E-state index contributed by atoms with van der Waals surface area (Å²) in [6, 6.07) is 18.2. The molecule has 0 radical (unpaired) electrons. The molecule has 0 bridgehead atoms. The van der Waals surface area contributed by atoms with E-state index in [0.29, 0.717) is 11.3 Å². The van der Waals surface area contributed by atoms with Crippen molar-refractivity contribution < 1.29 is 18.1 Å². The van der Waals surface area contributed by atoms with Crippen LogP contribution in [-0.2, 0) is 10.0 Å². The summed E-state index contributed by atoms with van der Waals surface area (Å²) in [5.41, 5.74) is 0.842. The van der Waals surface area contributed by atoms with Crippen molar-refractivity contribution in [2.24, 2.45) is 0 Å². The van der Waals surface area contributed by atoms with Gasteiger partial charge in [0.1, 0.15) is 5.56 Å². The third-order valence-electron chi connectivity index (χ3n) is 4.02. The number of anilines is 2. The highest BCUT2D eigenvalue weighted by Gasteiger charge is 2.20. The van der Waals surface area contributed by atoms with Crippen molar-refractivity contribution in [3.8, 4) is 0 Å². The van der Waals surface area contributed by atoms with E-state index < -0.39 is 20.9 Å². The standard InChI is InChI=1S/C20H17N3O5S/c1-14-10-11-19(23(25)26)18(12-14)20(24)21-15-6-5-7-16(13-15)22-29(27,28)17-8-3-2-4-9-17/h2-13,22H,1H3,(H,21,24). The molecule has 0 aliphatic carbocycles. The first kappa shape index (κ1) is 20.0. The van der Waals surface area contributed by atoms with E-state index in [-0.39, 0.29) is 21.8 Å². The lowest BCUT2D eigenvalue weighted by molar-refractivity contribution is -0.385. The Morgan fingerprint density at radius 1 is 0.931 bits per heavy atom. The lowest BCUT2D eigenvalue weighted by Crippen LogP contribution is -2.15. The zero-order valence-electron chi connectivity index (χ0n) is 15.3. The Labute approximate surface area is 167 Å². The highest BCUT2D eigenvalue weighted by atomic mass is 32.2. The Balaban J connectivity index is 1.83. The van der Waals surface area contributed by atoms with Crippen LogP contribution in [0.1, 0.15) is 15.9 Å². The average molecular weight is 411 g/mol. The van der Waals surface area contributed by atoms with Crippen molar-refractivity contribution in [3.05, 3.63) is 94.0 Å². The van der Waals surface area contributed by atoms with E-state index in [9.17, 15) is 23.3 Å². The topological polar surface area (TPSA) is 118 Å². The SMILES string of the molecule is Cc1ccc([N+](=O)[O-])c(C(=O)Nc2cccc(NS(=O)(=O)c3ccccc3)c2)c1.